The van der Waals surface area contributed by atoms with Gasteiger partial charge >= 0.3 is 0 Å². The molecule has 0 bridgehead atoms. The van der Waals surface area contributed by atoms with Crippen LogP contribution in [0.4, 0.5) is 5.69 Å². The van der Waals surface area contributed by atoms with Crippen molar-refractivity contribution in [2.75, 3.05) is 11.1 Å². The van der Waals surface area contributed by atoms with E-state index < -0.39 is 6.29 Å². The predicted octanol–water partition coefficient (Wildman–Crippen LogP) is 9.06. The summed E-state index contributed by atoms with van der Waals surface area (Å²) >= 11 is 1.55. The van der Waals surface area contributed by atoms with Gasteiger partial charge in [0.05, 0.1) is 17.9 Å². The van der Waals surface area contributed by atoms with Crippen LogP contribution in [0.3, 0.4) is 0 Å². The average Bonchev–Trinajstić information content (AvgIpc) is 3.30. The summed E-state index contributed by atoms with van der Waals surface area (Å²) in [6, 6.07) is 7.83. The number of hydroxylamine groups is 1. The minimum atomic E-state index is -0.540. The van der Waals surface area contributed by atoms with Crippen LogP contribution in [0, 0.1) is 0 Å². The van der Waals surface area contributed by atoms with Crippen LogP contribution in [0.2, 0.25) is 0 Å². The average molecular weight is 698 g/mol. The first-order valence-electron chi connectivity index (χ1n) is 17.4. The van der Waals surface area contributed by atoms with Crippen LogP contribution in [-0.2, 0) is 19.1 Å². The number of hydrogen-bond acceptors (Lipinski definition) is 8. The summed E-state index contributed by atoms with van der Waals surface area (Å²) in [6.07, 6.45) is 27.6. The highest BCUT2D eigenvalue weighted by atomic mass is 32.2. The number of thioether (sulfide) groups is 1. The van der Waals surface area contributed by atoms with Gasteiger partial charge in [-0.3, -0.25) is 14.8 Å². The number of rotatable bonds is 16. The molecule has 0 saturated carbocycles. The van der Waals surface area contributed by atoms with Gasteiger partial charge in [-0.05, 0) is 43.4 Å². The van der Waals surface area contributed by atoms with E-state index in [2.05, 4.69) is 49.2 Å². The lowest BCUT2D eigenvalue weighted by Gasteiger charge is -2.36. The molecule has 4 atom stereocenters. The largest absolute Gasteiger partial charge is 0.431 e. The van der Waals surface area contributed by atoms with Gasteiger partial charge < -0.3 is 19.2 Å². The van der Waals surface area contributed by atoms with Crippen LogP contribution < -0.4 is 10.8 Å². The molecule has 264 valence electrons. The van der Waals surface area contributed by atoms with E-state index in [1.807, 2.05) is 60.7 Å². The molecule has 2 aromatic rings. The predicted molar refractivity (Wildman–Crippen MR) is 197 cm³/mol. The van der Waals surface area contributed by atoms with E-state index in [9.17, 15) is 9.59 Å². The molecule has 0 spiro atoms. The van der Waals surface area contributed by atoms with Crippen molar-refractivity contribution in [2.45, 2.75) is 94.3 Å². The van der Waals surface area contributed by atoms with Gasteiger partial charge in [-0.15, -0.1) is 6.58 Å². The third-order valence-corrected chi connectivity index (χ3v) is 9.67. The van der Waals surface area contributed by atoms with Crippen molar-refractivity contribution in [1.82, 2.24) is 10.5 Å². The van der Waals surface area contributed by atoms with E-state index in [4.69, 9.17) is 24.1 Å². The summed E-state index contributed by atoms with van der Waals surface area (Å²) in [6.45, 7) is 6.07. The Morgan fingerprint density at radius 3 is 2.58 bits per heavy atom. The van der Waals surface area contributed by atoms with E-state index in [0.717, 1.165) is 66.0 Å². The molecule has 1 aliphatic heterocycles. The molecule has 2 aliphatic carbocycles. The highest BCUT2D eigenvalue weighted by Gasteiger charge is 2.33. The Morgan fingerprint density at radius 1 is 1.00 bits per heavy atom. The molecule has 4 unspecified atom stereocenters. The number of anilines is 1. The van der Waals surface area contributed by atoms with Gasteiger partial charge in [0.1, 0.15) is 0 Å². The Kier molecular flexibility index (Phi) is 14.3. The standard InChI is InChI=1S/C40H47N3O6S/c1-3-28(2)37-38(30-16-10-4-5-11-17-30)49-40(42-37)50-27-33-26-34(48-39(47-33)31-18-12-6-7-13-19-31)29-22-24-32(25-23-29)41-35(44)20-14-8-9-15-21-36(45)43-46/h3-6,10-13,16,18-19,22-25,28,33-34,39,46H,1,7-9,14-15,17,20-21,26-27H2,2H3,(H,41,44)(H,43,45). The first-order valence-corrected chi connectivity index (χ1v) is 18.4. The molecule has 5 rings (SSSR count). The number of hydrogen-bond donors (Lipinski definition) is 3. The molecule has 3 aliphatic rings. The molecular weight excluding hydrogens is 651 g/mol. The summed E-state index contributed by atoms with van der Waals surface area (Å²) in [5.74, 6) is 1.05. The normalized spacial score (nSPS) is 20.7. The minimum Gasteiger partial charge on any atom is -0.431 e. The number of nitrogens with one attached hydrogen (secondary N) is 2. The number of unbranched alkanes of at least 4 members (excludes halogenated alkanes) is 3. The van der Waals surface area contributed by atoms with Crippen molar-refractivity contribution in [1.29, 1.82) is 0 Å². The quantitative estimate of drug-likeness (QED) is 0.0522. The van der Waals surface area contributed by atoms with Crippen LogP contribution in [0.5, 0.6) is 0 Å². The molecule has 1 saturated heterocycles. The molecule has 0 radical (unpaired) electrons. The number of carbonyl (C=O) groups excluding carboxylic acids is 2. The monoisotopic (exact) mass is 697 g/mol. The van der Waals surface area contributed by atoms with Gasteiger partial charge in [0, 0.05) is 47.8 Å². The zero-order valence-corrected chi connectivity index (χ0v) is 29.4. The van der Waals surface area contributed by atoms with Gasteiger partial charge in [-0.2, -0.15) is 0 Å². The van der Waals surface area contributed by atoms with Crippen molar-refractivity contribution in [2.24, 2.45) is 0 Å². The second-order valence-corrected chi connectivity index (χ2v) is 13.5. The first-order chi connectivity index (χ1) is 24.4. The lowest BCUT2D eigenvalue weighted by molar-refractivity contribution is -0.219. The molecule has 50 heavy (non-hydrogen) atoms. The van der Waals surface area contributed by atoms with Gasteiger partial charge in [0.15, 0.2) is 12.1 Å². The lowest BCUT2D eigenvalue weighted by atomic mass is 10.0. The number of benzene rings is 1. The van der Waals surface area contributed by atoms with Crippen molar-refractivity contribution in [3.63, 3.8) is 0 Å². The van der Waals surface area contributed by atoms with E-state index in [-0.39, 0.29) is 36.4 Å². The van der Waals surface area contributed by atoms with Crippen LogP contribution in [0.25, 0.3) is 5.57 Å². The number of allylic oxidation sites excluding steroid dienone is 11. The van der Waals surface area contributed by atoms with Crippen molar-refractivity contribution < 1.29 is 28.7 Å². The molecular formula is C40H47N3O6S. The number of ether oxygens (including phenoxy) is 2. The van der Waals surface area contributed by atoms with Gasteiger partial charge in [0.2, 0.25) is 11.8 Å². The molecule has 3 N–H and O–H groups in total. The van der Waals surface area contributed by atoms with Gasteiger partial charge in [-0.1, -0.05) is 110 Å². The zero-order chi connectivity index (χ0) is 35.1. The molecule has 2 heterocycles. The molecule has 1 aromatic heterocycles. The van der Waals surface area contributed by atoms with Gasteiger partial charge in [-0.25, -0.2) is 10.5 Å². The summed E-state index contributed by atoms with van der Waals surface area (Å²) < 4.78 is 19.5. The molecule has 1 aromatic carbocycles. The number of oxazole rings is 1. The van der Waals surface area contributed by atoms with E-state index >= 15 is 0 Å². The van der Waals surface area contributed by atoms with Crippen LogP contribution in [0.1, 0.15) is 93.8 Å². The number of aromatic nitrogens is 1. The zero-order valence-electron chi connectivity index (χ0n) is 28.6. The van der Waals surface area contributed by atoms with E-state index in [1.165, 1.54) is 0 Å². The number of nitrogens with zero attached hydrogens (tertiary/aromatic N) is 1. The summed E-state index contributed by atoms with van der Waals surface area (Å²) in [5, 5.41) is 12.2. The maximum Gasteiger partial charge on any atom is 0.256 e. The summed E-state index contributed by atoms with van der Waals surface area (Å²) in [7, 11) is 0. The fraction of sp³-hybridized carbons (Fsp3) is 0.375. The maximum atomic E-state index is 12.5. The fourth-order valence-electron chi connectivity index (χ4n) is 5.86. The Morgan fingerprint density at radius 2 is 1.80 bits per heavy atom. The Labute approximate surface area is 298 Å². The highest BCUT2D eigenvalue weighted by molar-refractivity contribution is 7.99. The lowest BCUT2D eigenvalue weighted by Crippen LogP contribution is -2.36. The van der Waals surface area contributed by atoms with Crippen LogP contribution in [-0.4, -0.2) is 40.2 Å². The molecule has 9 nitrogen and oxygen atoms in total. The minimum absolute atomic E-state index is 0.0434. The fourth-order valence-corrected chi connectivity index (χ4v) is 6.71. The Hall–Kier alpha value is -4.22. The highest BCUT2D eigenvalue weighted by Crippen LogP contribution is 2.38. The Bertz CT molecular complexity index is 1650. The molecule has 2 amide bonds. The van der Waals surface area contributed by atoms with Crippen LogP contribution >= 0.6 is 11.8 Å². The SMILES string of the molecule is C=CC(C)c1nc(SCC2CC(c3ccc(NC(=O)CCCCCCC(=O)NO)cc3)OC(C3=CC=CCC=C3)O2)oc1C1=CC=CC=CC1. The topological polar surface area (TPSA) is 123 Å². The maximum absolute atomic E-state index is 12.5. The van der Waals surface area contributed by atoms with Crippen molar-refractivity contribution >= 4 is 34.8 Å². The van der Waals surface area contributed by atoms with E-state index in [1.54, 1.807) is 17.2 Å². The third-order valence-electron chi connectivity index (χ3n) is 8.71. The van der Waals surface area contributed by atoms with Crippen molar-refractivity contribution in [3.8, 4) is 0 Å². The number of amides is 2. The second-order valence-electron chi connectivity index (χ2n) is 12.5. The molecule has 1 fully saturated rings. The second kappa shape index (κ2) is 19.2. The summed E-state index contributed by atoms with van der Waals surface area (Å²) in [5.41, 5.74) is 6.31. The van der Waals surface area contributed by atoms with E-state index in [0.29, 0.717) is 30.2 Å². The van der Waals surface area contributed by atoms with Crippen LogP contribution in [0.15, 0.2) is 113 Å². The summed E-state index contributed by atoms with van der Waals surface area (Å²) in [4.78, 5) is 28.6. The third kappa shape index (κ3) is 10.9. The Balaban J connectivity index is 1.23. The van der Waals surface area contributed by atoms with Crippen molar-refractivity contribution in [3.05, 3.63) is 120 Å². The molecule has 10 heteroatoms. The number of carbonyl (C=O) groups is 2. The smallest absolute Gasteiger partial charge is 0.256 e. The first kappa shape index (κ1) is 37.0. The van der Waals surface area contributed by atoms with Gasteiger partial charge in [0.25, 0.3) is 5.22 Å².